The minimum Gasteiger partial charge on any atom is -0.480 e. The van der Waals surface area contributed by atoms with E-state index < -0.39 is 53.8 Å². The van der Waals surface area contributed by atoms with Crippen LogP contribution in [0.25, 0.3) is 0 Å². The summed E-state index contributed by atoms with van der Waals surface area (Å²) < 4.78 is 0. The Hall–Kier alpha value is -2.73. The summed E-state index contributed by atoms with van der Waals surface area (Å²) in [6.07, 6.45) is 1.58. The van der Waals surface area contributed by atoms with Gasteiger partial charge in [-0.2, -0.15) is 0 Å². The lowest BCUT2D eigenvalue weighted by Gasteiger charge is -2.27. The standard InChI is InChI=1S/C22H42N6O6/c1-5-13(4)18(22(33)34)28-20(31)15(9-10-16(24)29)26-19(30)14(8-6-7-11-23)27-21(32)17(25)12(2)3/h12-15,17-18H,5-11,23,25H2,1-4H3,(H2,24,29)(H,26,30)(H,27,32)(H,28,31)(H,33,34). The molecule has 12 nitrogen and oxygen atoms in total. The predicted octanol–water partition coefficient (Wildman–Crippen LogP) is -1.05. The van der Waals surface area contributed by atoms with Crippen LogP contribution in [0.3, 0.4) is 0 Å². The van der Waals surface area contributed by atoms with Crippen LogP contribution in [0.2, 0.25) is 0 Å². The summed E-state index contributed by atoms with van der Waals surface area (Å²) in [5.74, 6) is -4.33. The number of unbranched alkanes of at least 4 members (excludes halogenated alkanes) is 1. The largest absolute Gasteiger partial charge is 0.480 e. The van der Waals surface area contributed by atoms with E-state index in [0.717, 1.165) is 0 Å². The molecule has 12 heteroatoms. The summed E-state index contributed by atoms with van der Waals surface area (Å²) in [5.41, 5.74) is 16.6. The Morgan fingerprint density at radius 1 is 0.853 bits per heavy atom. The number of hydrogen-bond donors (Lipinski definition) is 7. The normalized spacial score (nSPS) is 15.5. The fourth-order valence-electron chi connectivity index (χ4n) is 3.10. The molecule has 0 aromatic rings. The molecule has 5 unspecified atom stereocenters. The topological polar surface area (TPSA) is 220 Å². The van der Waals surface area contributed by atoms with E-state index in [1.807, 2.05) is 0 Å². The number of carbonyl (C=O) groups is 5. The molecule has 0 rings (SSSR count). The molecule has 0 aromatic heterocycles. The van der Waals surface area contributed by atoms with Crippen molar-refractivity contribution in [3.63, 3.8) is 0 Å². The summed E-state index contributed by atoms with van der Waals surface area (Å²) in [7, 11) is 0. The van der Waals surface area contributed by atoms with Gasteiger partial charge in [-0.25, -0.2) is 4.79 Å². The van der Waals surface area contributed by atoms with Gasteiger partial charge in [-0.1, -0.05) is 34.1 Å². The molecule has 0 aliphatic heterocycles. The van der Waals surface area contributed by atoms with Crippen LogP contribution in [0.5, 0.6) is 0 Å². The summed E-state index contributed by atoms with van der Waals surface area (Å²) in [6.45, 7) is 7.42. The highest BCUT2D eigenvalue weighted by Gasteiger charge is 2.32. The molecule has 0 radical (unpaired) electrons. The second kappa shape index (κ2) is 16.0. The number of nitrogens with two attached hydrogens (primary N) is 3. The lowest BCUT2D eigenvalue weighted by Crippen LogP contribution is -2.58. The number of carboxylic acid groups (broad SMARTS) is 1. The monoisotopic (exact) mass is 486 g/mol. The molecule has 4 amide bonds. The van der Waals surface area contributed by atoms with Gasteiger partial charge in [0.25, 0.3) is 0 Å². The van der Waals surface area contributed by atoms with E-state index in [1.165, 1.54) is 0 Å². The molecule has 5 atom stereocenters. The quantitative estimate of drug-likeness (QED) is 0.125. The SMILES string of the molecule is CCC(C)C(NC(=O)C(CCC(N)=O)NC(=O)C(CCCCN)NC(=O)C(N)C(C)C)C(=O)O. The van der Waals surface area contributed by atoms with Crippen molar-refractivity contribution < 1.29 is 29.1 Å². The zero-order valence-corrected chi connectivity index (χ0v) is 20.6. The Balaban J connectivity index is 5.62. The van der Waals surface area contributed by atoms with E-state index in [2.05, 4.69) is 16.0 Å². The molecular weight excluding hydrogens is 444 g/mol. The van der Waals surface area contributed by atoms with Gasteiger partial charge in [-0.15, -0.1) is 0 Å². The lowest BCUT2D eigenvalue weighted by molar-refractivity contribution is -0.144. The summed E-state index contributed by atoms with van der Waals surface area (Å²) in [4.78, 5) is 61.2. The van der Waals surface area contributed by atoms with Crippen molar-refractivity contribution in [3.05, 3.63) is 0 Å². The number of aliphatic carboxylic acids is 1. The summed E-state index contributed by atoms with van der Waals surface area (Å²) in [6, 6.07) is -4.21. The molecule has 0 saturated heterocycles. The number of carboxylic acids is 1. The molecule has 196 valence electrons. The predicted molar refractivity (Wildman–Crippen MR) is 127 cm³/mol. The van der Waals surface area contributed by atoms with E-state index >= 15 is 0 Å². The van der Waals surface area contributed by atoms with Crippen LogP contribution >= 0.6 is 0 Å². The number of hydrogen-bond acceptors (Lipinski definition) is 7. The number of nitrogens with one attached hydrogen (secondary N) is 3. The van der Waals surface area contributed by atoms with Crippen LogP contribution in [0.15, 0.2) is 0 Å². The molecule has 0 fully saturated rings. The molecule has 34 heavy (non-hydrogen) atoms. The number of amides is 4. The van der Waals surface area contributed by atoms with Gasteiger partial charge < -0.3 is 38.3 Å². The highest BCUT2D eigenvalue weighted by Crippen LogP contribution is 2.10. The van der Waals surface area contributed by atoms with Crippen LogP contribution < -0.4 is 33.2 Å². The van der Waals surface area contributed by atoms with Gasteiger partial charge in [0.05, 0.1) is 6.04 Å². The molecule has 0 aliphatic rings. The van der Waals surface area contributed by atoms with Crippen molar-refractivity contribution in [2.24, 2.45) is 29.0 Å². The van der Waals surface area contributed by atoms with E-state index in [9.17, 15) is 29.1 Å². The molecular formula is C22H42N6O6. The van der Waals surface area contributed by atoms with Crippen molar-refractivity contribution >= 4 is 29.6 Å². The second-order valence-corrected chi connectivity index (χ2v) is 8.89. The maximum Gasteiger partial charge on any atom is 0.326 e. The zero-order chi connectivity index (χ0) is 26.4. The second-order valence-electron chi connectivity index (χ2n) is 8.89. The van der Waals surface area contributed by atoms with Crippen molar-refractivity contribution in [1.82, 2.24) is 16.0 Å². The van der Waals surface area contributed by atoms with Crippen molar-refractivity contribution in [3.8, 4) is 0 Å². The van der Waals surface area contributed by atoms with Crippen molar-refractivity contribution in [1.29, 1.82) is 0 Å². The van der Waals surface area contributed by atoms with Crippen LogP contribution in [0, 0.1) is 11.8 Å². The average Bonchev–Trinajstić information content (AvgIpc) is 2.77. The Labute approximate surface area is 201 Å². The van der Waals surface area contributed by atoms with Gasteiger partial charge >= 0.3 is 5.97 Å². The first-order chi connectivity index (χ1) is 15.8. The minimum absolute atomic E-state index is 0.130. The first-order valence-corrected chi connectivity index (χ1v) is 11.7. The van der Waals surface area contributed by atoms with Gasteiger partial charge in [-0.05, 0) is 44.1 Å². The van der Waals surface area contributed by atoms with Crippen LogP contribution in [-0.4, -0.2) is 65.4 Å². The van der Waals surface area contributed by atoms with E-state index in [-0.39, 0.29) is 31.1 Å². The molecule has 0 saturated carbocycles. The average molecular weight is 487 g/mol. The Bertz CT molecular complexity index is 701. The molecule has 0 aromatic carbocycles. The van der Waals surface area contributed by atoms with Gasteiger partial charge in [-0.3, -0.25) is 19.2 Å². The third-order valence-corrected chi connectivity index (χ3v) is 5.69. The van der Waals surface area contributed by atoms with Crippen LogP contribution in [0.4, 0.5) is 0 Å². The highest BCUT2D eigenvalue weighted by atomic mass is 16.4. The minimum atomic E-state index is -1.22. The summed E-state index contributed by atoms with van der Waals surface area (Å²) >= 11 is 0. The summed E-state index contributed by atoms with van der Waals surface area (Å²) in [5, 5.41) is 17.1. The smallest absolute Gasteiger partial charge is 0.326 e. The number of primary amides is 1. The van der Waals surface area contributed by atoms with E-state index in [1.54, 1.807) is 27.7 Å². The van der Waals surface area contributed by atoms with Crippen LogP contribution in [0.1, 0.15) is 66.2 Å². The molecule has 0 heterocycles. The molecule has 0 aliphatic carbocycles. The van der Waals surface area contributed by atoms with Crippen LogP contribution in [-0.2, 0) is 24.0 Å². The van der Waals surface area contributed by atoms with E-state index in [0.29, 0.717) is 25.8 Å². The fraction of sp³-hybridized carbons (Fsp3) is 0.773. The van der Waals surface area contributed by atoms with E-state index in [4.69, 9.17) is 17.2 Å². The first kappa shape index (κ1) is 31.3. The molecule has 0 spiro atoms. The zero-order valence-electron chi connectivity index (χ0n) is 20.6. The third-order valence-electron chi connectivity index (χ3n) is 5.69. The van der Waals surface area contributed by atoms with Crippen molar-refractivity contribution in [2.45, 2.75) is 90.4 Å². The van der Waals surface area contributed by atoms with Gasteiger partial charge in [0.15, 0.2) is 0 Å². The van der Waals surface area contributed by atoms with Gasteiger partial charge in [0.2, 0.25) is 23.6 Å². The Morgan fingerprint density at radius 3 is 1.85 bits per heavy atom. The number of rotatable bonds is 17. The Morgan fingerprint density at radius 2 is 1.38 bits per heavy atom. The van der Waals surface area contributed by atoms with Gasteiger partial charge in [0.1, 0.15) is 18.1 Å². The maximum atomic E-state index is 13.0. The fourth-order valence-corrected chi connectivity index (χ4v) is 3.10. The van der Waals surface area contributed by atoms with Gasteiger partial charge in [0, 0.05) is 6.42 Å². The lowest BCUT2D eigenvalue weighted by atomic mass is 9.98. The maximum absolute atomic E-state index is 13.0. The molecule has 0 bridgehead atoms. The number of carbonyl (C=O) groups excluding carboxylic acids is 4. The Kier molecular flexibility index (Phi) is 14.7. The highest BCUT2D eigenvalue weighted by molar-refractivity contribution is 5.94. The third kappa shape index (κ3) is 11.4. The first-order valence-electron chi connectivity index (χ1n) is 11.7. The van der Waals surface area contributed by atoms with Crippen molar-refractivity contribution in [2.75, 3.05) is 6.54 Å². The molecule has 10 N–H and O–H groups in total.